The quantitative estimate of drug-likeness (QED) is 0.696. The number of hydrogen-bond donors (Lipinski definition) is 1. The molecule has 1 aliphatic rings. The molecule has 1 aromatic carbocycles. The number of alkyl halides is 3. The molecule has 2 unspecified atom stereocenters. The minimum Gasteiger partial charge on any atom is -0.480 e. The average molecular weight is 431 g/mol. The maximum atomic E-state index is 13.0. The molecule has 2 rings (SSSR count). The van der Waals surface area contributed by atoms with E-state index >= 15 is 0 Å². The molecule has 0 aliphatic carbocycles. The molecule has 29 heavy (non-hydrogen) atoms. The van der Waals surface area contributed by atoms with Crippen molar-refractivity contribution in [1.82, 2.24) is 4.90 Å². The van der Waals surface area contributed by atoms with Crippen LogP contribution in [-0.2, 0) is 20.6 Å². The fraction of sp³-hybridized carbons (Fsp3) is 0.474. The smallest absolute Gasteiger partial charge is 0.416 e. The SMILES string of the molecule is CC(=O)SC(C(=O)c1cccc(C(F)(F)F)c1)C(C)C(=O)N1CCC[C@H]1C(=O)O. The number of rotatable bonds is 6. The van der Waals surface area contributed by atoms with Gasteiger partial charge in [-0.05, 0) is 25.0 Å². The predicted octanol–water partition coefficient (Wildman–Crippen LogP) is 3.25. The van der Waals surface area contributed by atoms with E-state index in [1.807, 2.05) is 0 Å². The van der Waals surface area contributed by atoms with E-state index in [-0.39, 0.29) is 18.5 Å². The summed E-state index contributed by atoms with van der Waals surface area (Å²) in [5, 5.41) is 7.52. The van der Waals surface area contributed by atoms with Gasteiger partial charge in [0.2, 0.25) is 5.91 Å². The Labute approximate surface area is 169 Å². The van der Waals surface area contributed by atoms with Gasteiger partial charge in [-0.1, -0.05) is 30.8 Å². The minimum absolute atomic E-state index is 0.204. The standard InChI is InChI=1S/C19H20F3NO5S/c1-10(17(26)23-8-4-7-14(23)18(27)28)16(29-11(2)24)15(25)12-5-3-6-13(9-12)19(20,21)22/h3,5-6,9-10,14,16H,4,7-8H2,1-2H3,(H,27,28)/t10?,14-,16?/m0/s1. The van der Waals surface area contributed by atoms with Crippen molar-refractivity contribution >= 4 is 34.5 Å². The fourth-order valence-electron chi connectivity index (χ4n) is 3.25. The number of halogens is 3. The van der Waals surface area contributed by atoms with Gasteiger partial charge in [-0.3, -0.25) is 14.4 Å². The first-order valence-corrected chi connectivity index (χ1v) is 9.73. The molecular formula is C19H20F3NO5S. The van der Waals surface area contributed by atoms with E-state index in [0.717, 1.165) is 17.0 Å². The lowest BCUT2D eigenvalue weighted by atomic mass is 9.96. The number of thioether (sulfide) groups is 1. The zero-order valence-corrected chi connectivity index (χ0v) is 16.5. The van der Waals surface area contributed by atoms with Crippen LogP contribution in [0.1, 0.15) is 42.6 Å². The van der Waals surface area contributed by atoms with Crippen molar-refractivity contribution in [3.8, 4) is 0 Å². The number of carboxylic acids is 1. The Balaban J connectivity index is 2.33. The highest BCUT2D eigenvalue weighted by molar-refractivity contribution is 8.14. The van der Waals surface area contributed by atoms with E-state index in [4.69, 9.17) is 0 Å². The second kappa shape index (κ2) is 8.98. The maximum absolute atomic E-state index is 13.0. The van der Waals surface area contributed by atoms with Gasteiger partial charge in [-0.2, -0.15) is 13.2 Å². The number of likely N-dealkylation sites (tertiary alicyclic amines) is 1. The topological polar surface area (TPSA) is 91.8 Å². The Bertz CT molecular complexity index is 826. The average Bonchev–Trinajstić information content (AvgIpc) is 3.13. The van der Waals surface area contributed by atoms with Crippen molar-refractivity contribution in [3.05, 3.63) is 35.4 Å². The molecule has 158 valence electrons. The molecule has 0 bridgehead atoms. The summed E-state index contributed by atoms with van der Waals surface area (Å²) in [4.78, 5) is 49.9. The Morgan fingerprint density at radius 2 is 1.90 bits per heavy atom. The Hall–Kier alpha value is -2.36. The molecule has 1 saturated heterocycles. The molecule has 0 aromatic heterocycles. The number of benzene rings is 1. The highest BCUT2D eigenvalue weighted by atomic mass is 32.2. The molecule has 1 amide bonds. The number of carboxylic acid groups (broad SMARTS) is 1. The second-order valence-electron chi connectivity index (χ2n) is 6.79. The molecule has 10 heteroatoms. The van der Waals surface area contributed by atoms with Crippen molar-refractivity contribution in [3.63, 3.8) is 0 Å². The molecule has 1 aliphatic heterocycles. The van der Waals surface area contributed by atoms with Crippen LogP contribution >= 0.6 is 11.8 Å². The van der Waals surface area contributed by atoms with E-state index in [2.05, 4.69) is 0 Å². The highest BCUT2D eigenvalue weighted by Gasteiger charge is 2.41. The van der Waals surface area contributed by atoms with Crippen molar-refractivity contribution < 1.29 is 37.5 Å². The van der Waals surface area contributed by atoms with E-state index < -0.39 is 51.7 Å². The van der Waals surface area contributed by atoms with E-state index in [1.165, 1.54) is 19.9 Å². The van der Waals surface area contributed by atoms with Gasteiger partial charge in [0.1, 0.15) is 6.04 Å². The summed E-state index contributed by atoms with van der Waals surface area (Å²) in [5.74, 6) is -3.66. The van der Waals surface area contributed by atoms with Gasteiger partial charge in [0.15, 0.2) is 10.9 Å². The zero-order chi connectivity index (χ0) is 21.9. The van der Waals surface area contributed by atoms with Gasteiger partial charge >= 0.3 is 12.1 Å². The maximum Gasteiger partial charge on any atom is 0.416 e. The normalized spacial score (nSPS) is 18.9. The fourth-order valence-corrected chi connectivity index (χ4v) is 4.17. The van der Waals surface area contributed by atoms with Crippen molar-refractivity contribution in [2.75, 3.05) is 6.54 Å². The first-order chi connectivity index (χ1) is 13.4. The highest BCUT2D eigenvalue weighted by Crippen LogP contribution is 2.32. The predicted molar refractivity (Wildman–Crippen MR) is 99.4 cm³/mol. The molecule has 0 radical (unpaired) electrons. The van der Waals surface area contributed by atoms with E-state index in [1.54, 1.807) is 0 Å². The van der Waals surface area contributed by atoms with Gasteiger partial charge < -0.3 is 10.0 Å². The van der Waals surface area contributed by atoms with Gasteiger partial charge in [0, 0.05) is 19.0 Å². The molecule has 3 atom stereocenters. The zero-order valence-electron chi connectivity index (χ0n) is 15.7. The number of carbonyl (C=O) groups is 4. The van der Waals surface area contributed by atoms with Crippen molar-refractivity contribution in [1.29, 1.82) is 0 Å². The third-order valence-corrected chi connectivity index (χ3v) is 5.90. The summed E-state index contributed by atoms with van der Waals surface area (Å²) >= 11 is 0.556. The Morgan fingerprint density at radius 3 is 2.45 bits per heavy atom. The van der Waals surface area contributed by atoms with Gasteiger partial charge in [-0.15, -0.1) is 0 Å². The van der Waals surface area contributed by atoms with Crippen LogP contribution in [0.2, 0.25) is 0 Å². The number of ketones is 1. The van der Waals surface area contributed by atoms with Crippen molar-refractivity contribution in [2.24, 2.45) is 5.92 Å². The van der Waals surface area contributed by atoms with Crippen LogP contribution in [0.15, 0.2) is 24.3 Å². The Kier molecular flexibility index (Phi) is 7.10. The number of Topliss-reactive ketones (excluding diaryl/α,β-unsaturated/α-hetero) is 1. The monoisotopic (exact) mass is 431 g/mol. The number of nitrogens with zero attached hydrogens (tertiary/aromatic N) is 1. The molecular weight excluding hydrogens is 411 g/mol. The molecule has 1 N–H and O–H groups in total. The Morgan fingerprint density at radius 1 is 1.24 bits per heavy atom. The molecule has 1 fully saturated rings. The largest absolute Gasteiger partial charge is 0.480 e. The summed E-state index contributed by atoms with van der Waals surface area (Å²) in [5.41, 5.74) is -1.28. The van der Waals surface area contributed by atoms with E-state index in [0.29, 0.717) is 24.2 Å². The first kappa shape index (κ1) is 22.9. The van der Waals surface area contributed by atoms with Gasteiger partial charge in [-0.25, -0.2) is 4.79 Å². The molecule has 1 aromatic rings. The van der Waals surface area contributed by atoms with Crippen LogP contribution in [0.5, 0.6) is 0 Å². The summed E-state index contributed by atoms with van der Waals surface area (Å²) in [6.07, 6.45) is -3.88. The van der Waals surface area contributed by atoms with Gasteiger partial charge in [0.05, 0.1) is 16.7 Å². The first-order valence-electron chi connectivity index (χ1n) is 8.85. The van der Waals surface area contributed by atoms with Crippen LogP contribution in [-0.4, -0.2) is 50.6 Å². The third kappa shape index (κ3) is 5.37. The lowest BCUT2D eigenvalue weighted by Crippen LogP contribution is -2.46. The number of hydrogen-bond acceptors (Lipinski definition) is 5. The summed E-state index contributed by atoms with van der Waals surface area (Å²) in [7, 11) is 0. The molecule has 0 spiro atoms. The van der Waals surface area contributed by atoms with Crippen LogP contribution in [0.25, 0.3) is 0 Å². The third-order valence-electron chi connectivity index (χ3n) is 4.69. The van der Waals surface area contributed by atoms with Crippen LogP contribution < -0.4 is 0 Å². The molecule has 6 nitrogen and oxygen atoms in total. The lowest BCUT2D eigenvalue weighted by Gasteiger charge is -2.28. The molecule has 1 heterocycles. The van der Waals surface area contributed by atoms with Gasteiger partial charge in [0.25, 0.3) is 0 Å². The number of carbonyl (C=O) groups excluding carboxylic acids is 3. The molecule has 0 saturated carbocycles. The lowest BCUT2D eigenvalue weighted by molar-refractivity contribution is -0.149. The van der Waals surface area contributed by atoms with Crippen LogP contribution in [0, 0.1) is 5.92 Å². The van der Waals surface area contributed by atoms with Crippen LogP contribution in [0.4, 0.5) is 13.2 Å². The number of aliphatic carboxylic acids is 1. The summed E-state index contributed by atoms with van der Waals surface area (Å²) in [6, 6.07) is 2.76. The van der Waals surface area contributed by atoms with Crippen molar-refractivity contribution in [2.45, 2.75) is 44.2 Å². The minimum atomic E-state index is -4.65. The van der Waals surface area contributed by atoms with Crippen LogP contribution in [0.3, 0.4) is 0 Å². The van der Waals surface area contributed by atoms with E-state index in [9.17, 15) is 37.5 Å². The summed E-state index contributed by atoms with van der Waals surface area (Å²) < 4.78 is 38.9. The second-order valence-corrected chi connectivity index (χ2v) is 8.11. The number of amides is 1. The summed E-state index contributed by atoms with van der Waals surface area (Å²) in [6.45, 7) is 2.77.